The van der Waals surface area contributed by atoms with Gasteiger partial charge in [0, 0.05) is 38.4 Å². The van der Waals surface area contributed by atoms with E-state index in [0.29, 0.717) is 24.4 Å². The van der Waals surface area contributed by atoms with Crippen LogP contribution in [0.2, 0.25) is 0 Å². The van der Waals surface area contributed by atoms with Crippen molar-refractivity contribution in [1.82, 2.24) is 15.2 Å². The van der Waals surface area contributed by atoms with E-state index >= 15 is 0 Å². The second kappa shape index (κ2) is 9.26. The number of likely N-dealkylation sites (tertiary alicyclic amines) is 1. The fourth-order valence-corrected chi connectivity index (χ4v) is 3.53. The molecule has 3 rings (SSSR count). The van der Waals surface area contributed by atoms with Gasteiger partial charge < -0.3 is 19.9 Å². The zero-order valence-corrected chi connectivity index (χ0v) is 15.7. The predicted molar refractivity (Wildman–Crippen MR) is 103 cm³/mol. The Hall–Kier alpha value is -2.76. The highest BCUT2D eigenvalue weighted by molar-refractivity contribution is 5.94. The van der Waals surface area contributed by atoms with E-state index in [4.69, 9.17) is 4.74 Å². The summed E-state index contributed by atoms with van der Waals surface area (Å²) >= 11 is 0. The molecule has 0 unspecified atom stereocenters. The fraction of sp³-hybridized carbons (Fsp3) is 0.429. The van der Waals surface area contributed by atoms with Gasteiger partial charge in [-0.15, -0.1) is 0 Å². The third-order valence-corrected chi connectivity index (χ3v) is 5.05. The van der Waals surface area contributed by atoms with Crippen molar-refractivity contribution in [3.8, 4) is 5.75 Å². The summed E-state index contributed by atoms with van der Waals surface area (Å²) in [6.45, 7) is 2.02. The van der Waals surface area contributed by atoms with Crippen LogP contribution < -0.4 is 10.1 Å². The molecule has 0 bridgehead atoms. The molecule has 2 N–H and O–H groups in total. The first-order chi connectivity index (χ1) is 13.2. The van der Waals surface area contributed by atoms with Gasteiger partial charge in [-0.05, 0) is 48.9 Å². The van der Waals surface area contributed by atoms with E-state index in [9.17, 15) is 9.59 Å². The number of rotatable bonds is 7. The van der Waals surface area contributed by atoms with Gasteiger partial charge >= 0.3 is 0 Å². The lowest BCUT2D eigenvalue weighted by atomic mass is 9.93. The molecule has 0 radical (unpaired) electrons. The smallest absolute Gasteiger partial charge is 0.255 e. The number of benzene rings is 1. The van der Waals surface area contributed by atoms with Crippen LogP contribution in [0, 0.1) is 5.92 Å². The number of aromatic amines is 1. The van der Waals surface area contributed by atoms with Gasteiger partial charge in [0.1, 0.15) is 5.75 Å². The number of methoxy groups -OCH3 is 1. The van der Waals surface area contributed by atoms with Gasteiger partial charge in [-0.2, -0.15) is 0 Å². The molecule has 2 aromatic rings. The second-order valence-electron chi connectivity index (χ2n) is 7.03. The first kappa shape index (κ1) is 19.0. The maximum Gasteiger partial charge on any atom is 0.255 e. The van der Waals surface area contributed by atoms with Crippen molar-refractivity contribution in [2.45, 2.75) is 32.2 Å². The van der Waals surface area contributed by atoms with Crippen molar-refractivity contribution < 1.29 is 14.3 Å². The number of hydrogen-bond donors (Lipinski definition) is 2. The largest absolute Gasteiger partial charge is 0.497 e. The third kappa shape index (κ3) is 5.36. The minimum atomic E-state index is 0.0481. The lowest BCUT2D eigenvalue weighted by Gasteiger charge is -2.32. The van der Waals surface area contributed by atoms with Crippen molar-refractivity contribution in [3.63, 3.8) is 0 Å². The molecule has 6 heteroatoms. The van der Waals surface area contributed by atoms with Crippen LogP contribution in [-0.2, 0) is 11.3 Å². The standard InChI is InChI=1S/C21H27N3O3/c1-27-19-6-2-4-17(12-19)13-23-20(25)8-7-16-5-3-11-24(15-16)21(26)18-9-10-22-14-18/h2,4,6,9-10,12,14,16,22H,3,5,7-8,11,13,15H2,1H3,(H,23,25)/t16-/m0/s1. The highest BCUT2D eigenvalue weighted by atomic mass is 16.5. The normalized spacial score (nSPS) is 16.8. The Morgan fingerprint density at radius 1 is 1.33 bits per heavy atom. The molecular formula is C21H27N3O3. The number of carbonyl (C=O) groups excluding carboxylic acids is 2. The van der Waals surface area contributed by atoms with E-state index in [1.165, 1.54) is 0 Å². The van der Waals surface area contributed by atoms with E-state index in [-0.39, 0.29) is 11.8 Å². The number of H-pyrrole nitrogens is 1. The number of carbonyl (C=O) groups is 2. The predicted octanol–water partition coefficient (Wildman–Crippen LogP) is 2.97. The van der Waals surface area contributed by atoms with Crippen LogP contribution in [0.15, 0.2) is 42.7 Å². The van der Waals surface area contributed by atoms with Gasteiger partial charge in [-0.25, -0.2) is 0 Å². The number of piperidine rings is 1. The van der Waals surface area contributed by atoms with E-state index in [2.05, 4.69) is 10.3 Å². The van der Waals surface area contributed by atoms with Gasteiger partial charge in [0.2, 0.25) is 5.91 Å². The van der Waals surface area contributed by atoms with Crippen molar-refractivity contribution >= 4 is 11.8 Å². The number of amides is 2. The monoisotopic (exact) mass is 369 g/mol. The number of hydrogen-bond acceptors (Lipinski definition) is 3. The number of aromatic nitrogens is 1. The summed E-state index contributed by atoms with van der Waals surface area (Å²) in [4.78, 5) is 29.5. The molecule has 2 amide bonds. The highest BCUT2D eigenvalue weighted by Gasteiger charge is 2.25. The molecular weight excluding hydrogens is 342 g/mol. The molecule has 27 heavy (non-hydrogen) atoms. The van der Waals surface area contributed by atoms with Gasteiger partial charge in [-0.3, -0.25) is 9.59 Å². The van der Waals surface area contributed by atoms with Gasteiger partial charge in [0.05, 0.1) is 12.7 Å². The third-order valence-electron chi connectivity index (χ3n) is 5.05. The molecule has 2 heterocycles. The van der Waals surface area contributed by atoms with Crippen LogP contribution in [0.1, 0.15) is 41.6 Å². The number of nitrogens with zero attached hydrogens (tertiary/aromatic N) is 1. The summed E-state index contributed by atoms with van der Waals surface area (Å²) in [7, 11) is 1.63. The summed E-state index contributed by atoms with van der Waals surface area (Å²) in [6, 6.07) is 9.49. The van der Waals surface area contributed by atoms with Gasteiger partial charge in [-0.1, -0.05) is 12.1 Å². The molecule has 1 saturated heterocycles. The number of nitrogens with one attached hydrogen (secondary N) is 2. The Kier molecular flexibility index (Phi) is 6.52. The summed E-state index contributed by atoms with van der Waals surface area (Å²) < 4.78 is 5.20. The molecule has 1 aliphatic rings. The summed E-state index contributed by atoms with van der Waals surface area (Å²) in [6.07, 6.45) is 6.85. The average Bonchev–Trinajstić information content (AvgIpc) is 3.25. The Balaban J connectivity index is 1.42. The second-order valence-corrected chi connectivity index (χ2v) is 7.03. The molecule has 0 aliphatic carbocycles. The SMILES string of the molecule is COc1cccc(CNC(=O)CC[C@@H]2CCCN(C(=O)c3cc[nH]c3)C2)c1. The molecule has 0 saturated carbocycles. The zero-order chi connectivity index (χ0) is 19.1. The maximum absolute atomic E-state index is 12.5. The Morgan fingerprint density at radius 2 is 2.22 bits per heavy atom. The van der Waals surface area contributed by atoms with Crippen LogP contribution in [-0.4, -0.2) is 41.9 Å². The van der Waals surface area contributed by atoms with Crippen molar-refractivity contribution in [2.75, 3.05) is 20.2 Å². The Bertz CT molecular complexity index is 758. The van der Waals surface area contributed by atoms with Crippen LogP contribution in [0.5, 0.6) is 5.75 Å². The van der Waals surface area contributed by atoms with Crippen molar-refractivity contribution in [1.29, 1.82) is 0 Å². The van der Waals surface area contributed by atoms with Crippen LogP contribution in [0.25, 0.3) is 0 Å². The molecule has 0 spiro atoms. The fourth-order valence-electron chi connectivity index (χ4n) is 3.53. The average molecular weight is 369 g/mol. The van der Waals surface area contributed by atoms with Gasteiger partial charge in [0.15, 0.2) is 0 Å². The van der Waals surface area contributed by atoms with Crippen molar-refractivity contribution in [3.05, 3.63) is 53.9 Å². The minimum absolute atomic E-state index is 0.0481. The van der Waals surface area contributed by atoms with Crippen LogP contribution in [0.3, 0.4) is 0 Å². The van der Waals surface area contributed by atoms with Crippen LogP contribution in [0.4, 0.5) is 0 Å². The maximum atomic E-state index is 12.5. The van der Waals surface area contributed by atoms with Gasteiger partial charge in [0.25, 0.3) is 5.91 Å². The molecule has 1 aromatic heterocycles. The molecule has 1 aliphatic heterocycles. The number of ether oxygens (including phenoxy) is 1. The first-order valence-electron chi connectivity index (χ1n) is 9.47. The summed E-state index contributed by atoms with van der Waals surface area (Å²) in [5.41, 5.74) is 1.72. The zero-order valence-electron chi connectivity index (χ0n) is 15.7. The van der Waals surface area contributed by atoms with E-state index in [1.807, 2.05) is 29.2 Å². The molecule has 1 fully saturated rings. The first-order valence-corrected chi connectivity index (χ1v) is 9.47. The van der Waals surface area contributed by atoms with E-state index in [0.717, 1.165) is 43.7 Å². The lowest BCUT2D eigenvalue weighted by Crippen LogP contribution is -2.40. The molecule has 1 atom stereocenters. The Morgan fingerprint density at radius 3 is 3.00 bits per heavy atom. The van der Waals surface area contributed by atoms with Crippen LogP contribution >= 0.6 is 0 Å². The molecule has 1 aromatic carbocycles. The summed E-state index contributed by atoms with van der Waals surface area (Å²) in [5, 5.41) is 2.97. The lowest BCUT2D eigenvalue weighted by molar-refractivity contribution is -0.121. The highest BCUT2D eigenvalue weighted by Crippen LogP contribution is 2.22. The molecule has 6 nitrogen and oxygen atoms in total. The molecule has 144 valence electrons. The summed E-state index contributed by atoms with van der Waals surface area (Å²) in [5.74, 6) is 1.29. The van der Waals surface area contributed by atoms with E-state index < -0.39 is 0 Å². The minimum Gasteiger partial charge on any atom is -0.497 e. The topological polar surface area (TPSA) is 74.4 Å². The Labute approximate surface area is 159 Å². The van der Waals surface area contributed by atoms with E-state index in [1.54, 1.807) is 25.6 Å². The van der Waals surface area contributed by atoms with Crippen molar-refractivity contribution in [2.24, 2.45) is 5.92 Å². The quantitative estimate of drug-likeness (QED) is 0.788.